The topological polar surface area (TPSA) is 135 Å². The molecule has 0 aliphatic heterocycles. The molecule has 0 N–H and O–H groups in total. The summed E-state index contributed by atoms with van der Waals surface area (Å²) in [6.45, 7) is 1.43. The second-order valence-electron chi connectivity index (χ2n) is 14.1. The largest absolute Gasteiger partial charge is 0.496 e. The van der Waals surface area contributed by atoms with Crippen molar-refractivity contribution < 1.29 is 56.8 Å². The van der Waals surface area contributed by atoms with Crippen LogP contribution in [0.25, 0.3) is 0 Å². The highest BCUT2D eigenvalue weighted by molar-refractivity contribution is 5.65. The van der Waals surface area contributed by atoms with E-state index < -0.39 is 0 Å². The van der Waals surface area contributed by atoms with Crippen LogP contribution in [-0.4, -0.2) is 85.3 Å². The fourth-order valence-electron chi connectivity index (χ4n) is 8.16. The molecule has 0 unspecified atom stereocenters. The highest BCUT2D eigenvalue weighted by Crippen LogP contribution is 2.47. The molecule has 330 valence electrons. The monoisotopic (exact) mass is 851 g/mol. The minimum Gasteiger partial charge on any atom is -0.496 e. The van der Waals surface area contributed by atoms with E-state index in [0.29, 0.717) is 101 Å². The number of methoxy groups -OCH3 is 12. The molecule has 0 spiro atoms. The highest BCUT2D eigenvalue weighted by atomic mass is 16.5. The molecule has 13 heteroatoms. The van der Waals surface area contributed by atoms with Gasteiger partial charge in [0.25, 0.3) is 0 Å². The molecule has 0 atom stereocenters. The maximum absolute atomic E-state index is 7.32. The van der Waals surface area contributed by atoms with Crippen LogP contribution in [0.5, 0.6) is 69.0 Å². The zero-order chi connectivity index (χ0) is 45.1. The van der Waals surface area contributed by atoms with Gasteiger partial charge >= 0.3 is 0 Å². The van der Waals surface area contributed by atoms with E-state index in [4.69, 9.17) is 62.1 Å². The Balaban J connectivity index is 0.00000235. The number of ether oxygens (including phenoxy) is 12. The van der Waals surface area contributed by atoms with Gasteiger partial charge in [-0.1, -0.05) is 0 Å². The van der Waals surface area contributed by atoms with Crippen molar-refractivity contribution in [3.8, 4) is 75.1 Å². The van der Waals surface area contributed by atoms with Gasteiger partial charge < -0.3 is 56.8 Å². The van der Waals surface area contributed by atoms with Crippen LogP contribution in [0.1, 0.15) is 62.6 Å². The van der Waals surface area contributed by atoms with Gasteiger partial charge in [-0.2, -0.15) is 5.26 Å². The van der Waals surface area contributed by atoms with Crippen LogP contribution in [0, 0.1) is 11.3 Å². The van der Waals surface area contributed by atoms with Crippen LogP contribution in [-0.2, 0) is 32.1 Å². The minimum atomic E-state index is 0.378. The molecule has 5 aromatic rings. The lowest BCUT2D eigenvalue weighted by Crippen LogP contribution is -2.08. The molecule has 0 amide bonds. The molecule has 13 nitrogen and oxygen atoms in total. The summed E-state index contributed by atoms with van der Waals surface area (Å²) in [7, 11) is 19.7. The van der Waals surface area contributed by atoms with Crippen LogP contribution >= 0.6 is 0 Å². The summed E-state index contributed by atoms with van der Waals surface area (Å²) in [5.41, 5.74) is 8.41. The molecule has 11 rings (SSSR count). The first-order valence-electron chi connectivity index (χ1n) is 19.7. The molecule has 0 aromatic heterocycles. The van der Waals surface area contributed by atoms with Crippen LogP contribution in [0.15, 0.2) is 48.5 Å². The van der Waals surface area contributed by atoms with Crippen molar-refractivity contribution in [3.63, 3.8) is 0 Å². The van der Waals surface area contributed by atoms with Gasteiger partial charge in [-0.3, -0.25) is 0 Å². The average molecular weight is 852 g/mol. The van der Waals surface area contributed by atoms with Crippen molar-refractivity contribution in [2.75, 3.05) is 85.3 Å². The van der Waals surface area contributed by atoms with E-state index in [1.807, 2.05) is 48.5 Å². The summed E-state index contributed by atoms with van der Waals surface area (Å²) in [5, 5.41) is 7.32. The number of hydrogen-bond donors (Lipinski definition) is 0. The van der Waals surface area contributed by atoms with Gasteiger partial charge in [0.05, 0.1) is 91.4 Å². The summed E-state index contributed by atoms with van der Waals surface area (Å²) in [6.07, 6.45) is 1.99. The Labute approximate surface area is 364 Å². The van der Waals surface area contributed by atoms with Gasteiger partial charge in [-0.05, 0) is 36.4 Å². The second kappa shape index (κ2) is 21.1. The first kappa shape index (κ1) is 46.3. The zero-order valence-electron chi connectivity index (χ0n) is 38.0. The van der Waals surface area contributed by atoms with E-state index in [9.17, 15) is 0 Å². The van der Waals surface area contributed by atoms with Crippen LogP contribution < -0.4 is 56.8 Å². The van der Waals surface area contributed by atoms with Crippen LogP contribution in [0.3, 0.4) is 0 Å². The summed E-state index contributed by atoms with van der Waals surface area (Å²) in [4.78, 5) is 0. The van der Waals surface area contributed by atoms with Crippen molar-refractivity contribution in [2.24, 2.45) is 0 Å². The Morgan fingerprint density at radius 1 is 0.290 bits per heavy atom. The Morgan fingerprint density at radius 3 is 0.629 bits per heavy atom. The third-order valence-corrected chi connectivity index (χ3v) is 11.0. The Bertz CT molecular complexity index is 2260. The van der Waals surface area contributed by atoms with Crippen molar-refractivity contribution in [2.45, 2.75) is 39.0 Å². The van der Waals surface area contributed by atoms with Gasteiger partial charge in [-0.15, -0.1) is 0 Å². The molecule has 5 aromatic carbocycles. The Kier molecular flexibility index (Phi) is 15.8. The van der Waals surface area contributed by atoms with E-state index in [-0.39, 0.29) is 0 Å². The lowest BCUT2D eigenvalue weighted by molar-refractivity contribution is 0.361. The number of rotatable bonds is 12. The van der Waals surface area contributed by atoms with Gasteiger partial charge in [0.2, 0.25) is 0 Å². The normalized spacial score (nSPS) is 11.6. The molecule has 0 heterocycles. The highest BCUT2D eigenvalue weighted by Gasteiger charge is 2.28. The van der Waals surface area contributed by atoms with Gasteiger partial charge in [0.15, 0.2) is 0 Å². The summed E-state index contributed by atoms with van der Waals surface area (Å²) >= 11 is 0. The van der Waals surface area contributed by atoms with E-state index in [1.165, 1.54) is 6.92 Å². The standard InChI is InChI=1S/C47H54O12.C2H3N/c1-48-36-20-28-14-32-42(54-7)24-44(56-9)34(46(32)58-11)16-30-22-41(53-6)31(23-40(30)52-5)17-35-45(57-10)25-43(55-8)33(47(35)59-12)15-29-21-37(49-2)27(19-39(29)51-4)13-26(36)18-38(28)50-3;1-2-3/h18-25H,13-17H2,1-12H3;1H3. The second-order valence-corrected chi connectivity index (χ2v) is 14.1. The molecular formula is C49H57NO12. The molecule has 0 radical (unpaired) electrons. The summed E-state index contributed by atoms with van der Waals surface area (Å²) in [6, 6.07) is 17.5. The van der Waals surface area contributed by atoms with Crippen molar-refractivity contribution in [3.05, 3.63) is 104 Å². The maximum Gasteiger partial charge on any atom is 0.133 e. The van der Waals surface area contributed by atoms with Crippen molar-refractivity contribution in [1.82, 2.24) is 0 Å². The molecule has 6 aliphatic rings. The molecular weight excluding hydrogens is 795 g/mol. The van der Waals surface area contributed by atoms with Gasteiger partial charge in [0.1, 0.15) is 69.0 Å². The van der Waals surface area contributed by atoms with E-state index in [0.717, 1.165) is 55.6 Å². The van der Waals surface area contributed by atoms with Crippen molar-refractivity contribution in [1.29, 1.82) is 5.26 Å². The third kappa shape index (κ3) is 9.24. The van der Waals surface area contributed by atoms with Gasteiger partial charge in [-0.25, -0.2) is 0 Å². The minimum absolute atomic E-state index is 0.378. The predicted octanol–water partition coefficient (Wildman–Crippen LogP) is 8.59. The first-order chi connectivity index (χ1) is 30.1. The average Bonchev–Trinajstić information content (AvgIpc) is 3.29. The zero-order valence-corrected chi connectivity index (χ0v) is 38.0. The van der Waals surface area contributed by atoms with Crippen LogP contribution in [0.2, 0.25) is 0 Å². The molecule has 0 saturated heterocycles. The number of nitrogens with zero attached hydrogens (tertiary/aromatic N) is 1. The molecule has 10 bridgehead atoms. The van der Waals surface area contributed by atoms with E-state index in [1.54, 1.807) is 91.4 Å². The third-order valence-electron chi connectivity index (χ3n) is 11.0. The molecule has 62 heavy (non-hydrogen) atoms. The summed E-state index contributed by atoms with van der Waals surface area (Å²) < 4.78 is 72.7. The maximum atomic E-state index is 7.32. The Hall–Kier alpha value is -6.81. The quantitative estimate of drug-likeness (QED) is 0.116. The number of hydrogen-bond acceptors (Lipinski definition) is 13. The SMILES string of the molecule is CC#N.COc1cc2c(OC)cc1Cc1cc(OC)c(cc1OC)Cc1c(OC)cc(OC)c(c1OC)Cc1cc(OC)c(cc1OC)Cc1c(OC)cc(OC)c(c1OC)C2. The lowest BCUT2D eigenvalue weighted by Gasteiger charge is -2.23. The van der Waals surface area contributed by atoms with E-state index >= 15 is 0 Å². The predicted molar refractivity (Wildman–Crippen MR) is 236 cm³/mol. The first-order valence-corrected chi connectivity index (χ1v) is 19.7. The van der Waals surface area contributed by atoms with Gasteiger partial charge in [0, 0.05) is 107 Å². The summed E-state index contributed by atoms with van der Waals surface area (Å²) in [5.74, 6) is 7.55. The smallest absolute Gasteiger partial charge is 0.133 e. The molecule has 6 aliphatic carbocycles. The molecule has 0 fully saturated rings. The Morgan fingerprint density at radius 2 is 0.468 bits per heavy atom. The van der Waals surface area contributed by atoms with Crippen LogP contribution in [0.4, 0.5) is 0 Å². The lowest BCUT2D eigenvalue weighted by atomic mass is 9.92. The number of nitriles is 1. The van der Waals surface area contributed by atoms with Crippen molar-refractivity contribution >= 4 is 0 Å². The fourth-order valence-corrected chi connectivity index (χ4v) is 8.16. The molecule has 0 saturated carbocycles. The number of benzene rings is 5. The fraction of sp³-hybridized carbons (Fsp3) is 0.367. The van der Waals surface area contributed by atoms with E-state index in [2.05, 4.69) is 0 Å².